The van der Waals surface area contributed by atoms with Crippen molar-refractivity contribution < 1.29 is 9.21 Å². The molecule has 2 aromatic rings. The molecule has 3 heterocycles. The van der Waals surface area contributed by atoms with E-state index >= 15 is 0 Å². The van der Waals surface area contributed by atoms with Gasteiger partial charge >= 0.3 is 0 Å². The van der Waals surface area contributed by atoms with E-state index in [4.69, 9.17) is 4.42 Å². The van der Waals surface area contributed by atoms with Gasteiger partial charge in [0.2, 0.25) is 0 Å². The van der Waals surface area contributed by atoms with Crippen molar-refractivity contribution in [3.8, 4) is 0 Å². The van der Waals surface area contributed by atoms with E-state index in [2.05, 4.69) is 15.3 Å². The maximum atomic E-state index is 12.3. The van der Waals surface area contributed by atoms with Gasteiger partial charge < -0.3 is 4.42 Å². The minimum Gasteiger partial charge on any atom is -0.465 e. The van der Waals surface area contributed by atoms with Gasteiger partial charge in [0.15, 0.2) is 5.17 Å². The second-order valence-electron chi connectivity index (χ2n) is 3.90. The Bertz CT molecular complexity index is 660. The summed E-state index contributed by atoms with van der Waals surface area (Å²) >= 11 is 1.30. The zero-order valence-corrected chi connectivity index (χ0v) is 11.4. The molecule has 1 aliphatic heterocycles. The first-order valence-corrected chi connectivity index (χ1v) is 6.78. The zero-order valence-electron chi connectivity index (χ0n) is 10.6. The molecule has 20 heavy (non-hydrogen) atoms. The molecular formula is C12H11N5O2S. The first-order chi connectivity index (χ1) is 9.78. The highest BCUT2D eigenvalue weighted by Crippen LogP contribution is 2.32. The third-order valence-corrected chi connectivity index (χ3v) is 3.63. The van der Waals surface area contributed by atoms with Crippen molar-refractivity contribution >= 4 is 28.9 Å². The van der Waals surface area contributed by atoms with Gasteiger partial charge in [-0.2, -0.15) is 0 Å². The maximum absolute atomic E-state index is 12.3. The number of aromatic nitrogens is 3. The van der Waals surface area contributed by atoms with Gasteiger partial charge in [0.05, 0.1) is 11.2 Å². The van der Waals surface area contributed by atoms with Gasteiger partial charge in [-0.05, 0) is 30.8 Å². The van der Waals surface area contributed by atoms with Crippen LogP contribution in [0, 0.1) is 0 Å². The molecule has 0 bridgehead atoms. The normalized spacial score (nSPS) is 19.4. The van der Waals surface area contributed by atoms with Crippen LogP contribution < -0.4 is 0 Å². The first kappa shape index (κ1) is 12.7. The van der Waals surface area contributed by atoms with Crippen molar-refractivity contribution in [3.63, 3.8) is 0 Å². The van der Waals surface area contributed by atoms with Crippen LogP contribution in [0.1, 0.15) is 12.7 Å². The Morgan fingerprint density at radius 2 is 2.25 bits per heavy atom. The van der Waals surface area contributed by atoms with Crippen molar-refractivity contribution in [2.24, 2.45) is 5.10 Å². The lowest BCUT2D eigenvalue weighted by molar-refractivity contribution is -0.122. The predicted molar refractivity (Wildman–Crippen MR) is 74.5 cm³/mol. The smallest absolute Gasteiger partial charge is 0.266 e. The van der Waals surface area contributed by atoms with Gasteiger partial charge in [0.1, 0.15) is 18.4 Å². The summed E-state index contributed by atoms with van der Waals surface area (Å²) in [5, 5.41) is 12.3. The fourth-order valence-electron chi connectivity index (χ4n) is 1.71. The summed E-state index contributed by atoms with van der Waals surface area (Å²) in [4.78, 5) is 14.4. The Balaban J connectivity index is 1.92. The molecule has 1 saturated heterocycles. The van der Waals surface area contributed by atoms with E-state index in [1.54, 1.807) is 29.4 Å². The largest absolute Gasteiger partial charge is 0.465 e. The van der Waals surface area contributed by atoms with Crippen molar-refractivity contribution in [2.45, 2.75) is 6.92 Å². The fourth-order valence-corrected chi connectivity index (χ4v) is 2.74. The topological polar surface area (TPSA) is 76.5 Å². The van der Waals surface area contributed by atoms with Gasteiger partial charge in [0.25, 0.3) is 5.91 Å². The molecule has 0 unspecified atom stereocenters. The van der Waals surface area contributed by atoms with E-state index in [0.29, 0.717) is 22.4 Å². The van der Waals surface area contributed by atoms with Gasteiger partial charge in [-0.25, -0.2) is 4.68 Å². The summed E-state index contributed by atoms with van der Waals surface area (Å²) in [5.74, 6) is 0.558. The minimum atomic E-state index is -0.0827. The van der Waals surface area contributed by atoms with Gasteiger partial charge in [0, 0.05) is 12.6 Å². The minimum absolute atomic E-state index is 0.0827. The summed E-state index contributed by atoms with van der Waals surface area (Å²) in [6.45, 7) is 2.44. The number of carbonyl (C=O) groups is 1. The van der Waals surface area contributed by atoms with E-state index in [0.717, 1.165) is 0 Å². The van der Waals surface area contributed by atoms with Gasteiger partial charge in [-0.15, -0.1) is 15.3 Å². The molecule has 8 heteroatoms. The number of likely N-dealkylation sites (N-methyl/N-ethyl adjacent to an activating group) is 1. The first-order valence-electron chi connectivity index (χ1n) is 5.96. The van der Waals surface area contributed by atoms with Crippen LogP contribution in [0.25, 0.3) is 6.08 Å². The molecular weight excluding hydrogens is 278 g/mol. The number of hydrogen-bond acceptors (Lipinski definition) is 6. The molecule has 0 saturated carbocycles. The highest BCUT2D eigenvalue weighted by molar-refractivity contribution is 8.18. The molecule has 3 rings (SSSR count). The lowest BCUT2D eigenvalue weighted by Gasteiger charge is -2.11. The fraction of sp³-hybridized carbons (Fsp3) is 0.167. The molecule has 7 nitrogen and oxygen atoms in total. The molecule has 1 amide bonds. The predicted octanol–water partition coefficient (Wildman–Crippen LogP) is 1.63. The van der Waals surface area contributed by atoms with Gasteiger partial charge in [-0.1, -0.05) is 0 Å². The quantitative estimate of drug-likeness (QED) is 0.803. The van der Waals surface area contributed by atoms with Crippen LogP contribution in [0.4, 0.5) is 0 Å². The second-order valence-corrected chi connectivity index (χ2v) is 4.91. The number of amides is 1. The molecule has 0 N–H and O–H groups in total. The van der Waals surface area contributed by atoms with Crippen LogP contribution in [0.5, 0.6) is 0 Å². The molecule has 1 aliphatic rings. The highest BCUT2D eigenvalue weighted by Gasteiger charge is 2.32. The Morgan fingerprint density at radius 3 is 2.90 bits per heavy atom. The number of rotatable bonds is 3. The van der Waals surface area contributed by atoms with E-state index in [-0.39, 0.29) is 5.91 Å². The lowest BCUT2D eigenvalue weighted by atomic mass is 10.3. The monoisotopic (exact) mass is 289 g/mol. The molecule has 0 atom stereocenters. The number of carbonyl (C=O) groups excluding carboxylic acids is 1. The average molecular weight is 289 g/mol. The SMILES string of the molecule is CCN1C(=O)/C(=C\c2ccco2)S/C1=N\n1cnnc1. The molecule has 0 aromatic carbocycles. The third kappa shape index (κ3) is 2.37. The molecule has 1 fully saturated rings. The van der Waals surface area contributed by atoms with E-state index < -0.39 is 0 Å². The Morgan fingerprint density at radius 1 is 1.45 bits per heavy atom. The molecule has 0 radical (unpaired) electrons. The van der Waals surface area contributed by atoms with E-state index in [9.17, 15) is 4.79 Å². The standard InChI is InChI=1S/C12H11N5O2S/c1-2-17-11(18)10(6-9-4-3-5-19-9)20-12(17)15-16-7-13-14-8-16/h3-8H,2H2,1H3/b10-6+,15-12-. The summed E-state index contributed by atoms with van der Waals surface area (Å²) < 4.78 is 6.69. The van der Waals surface area contributed by atoms with Crippen molar-refractivity contribution in [1.82, 2.24) is 19.8 Å². The van der Waals surface area contributed by atoms with E-state index in [1.165, 1.54) is 29.1 Å². The van der Waals surface area contributed by atoms with Crippen molar-refractivity contribution in [3.05, 3.63) is 41.7 Å². The number of nitrogens with zero attached hydrogens (tertiary/aromatic N) is 5. The maximum Gasteiger partial charge on any atom is 0.266 e. The summed E-state index contributed by atoms with van der Waals surface area (Å²) in [6, 6.07) is 3.58. The Kier molecular flexibility index (Phi) is 3.38. The summed E-state index contributed by atoms with van der Waals surface area (Å²) in [5.41, 5.74) is 0. The summed E-state index contributed by atoms with van der Waals surface area (Å²) in [6.07, 6.45) is 6.23. The third-order valence-electron chi connectivity index (χ3n) is 2.63. The van der Waals surface area contributed by atoms with E-state index in [1.807, 2.05) is 6.92 Å². The molecule has 0 aliphatic carbocycles. The number of thioether (sulfide) groups is 1. The van der Waals surface area contributed by atoms with Crippen LogP contribution in [0.15, 0.2) is 45.5 Å². The van der Waals surface area contributed by atoms with Crippen LogP contribution in [0.3, 0.4) is 0 Å². The van der Waals surface area contributed by atoms with Crippen molar-refractivity contribution in [2.75, 3.05) is 6.54 Å². The van der Waals surface area contributed by atoms with Crippen LogP contribution in [-0.4, -0.2) is 37.4 Å². The molecule has 102 valence electrons. The summed E-state index contributed by atoms with van der Waals surface area (Å²) in [7, 11) is 0. The number of furan rings is 1. The highest BCUT2D eigenvalue weighted by atomic mass is 32.2. The lowest BCUT2D eigenvalue weighted by Crippen LogP contribution is -2.29. The number of amidine groups is 1. The number of hydrogen-bond donors (Lipinski definition) is 0. The van der Waals surface area contributed by atoms with Crippen LogP contribution >= 0.6 is 11.8 Å². The van der Waals surface area contributed by atoms with Crippen LogP contribution in [-0.2, 0) is 4.79 Å². The Labute approximate surface area is 119 Å². The second kappa shape index (κ2) is 5.33. The molecule has 2 aromatic heterocycles. The average Bonchev–Trinajstić information content (AvgIpc) is 3.15. The van der Waals surface area contributed by atoms with Crippen molar-refractivity contribution in [1.29, 1.82) is 0 Å². The van der Waals surface area contributed by atoms with Crippen LogP contribution in [0.2, 0.25) is 0 Å². The Hall–Kier alpha value is -2.35. The molecule has 0 spiro atoms. The zero-order chi connectivity index (χ0) is 13.9. The van der Waals surface area contributed by atoms with Gasteiger partial charge in [-0.3, -0.25) is 9.69 Å².